The minimum Gasteiger partial charge on any atom is -0.377 e. The Morgan fingerprint density at radius 2 is 2.29 bits per heavy atom. The van der Waals surface area contributed by atoms with E-state index in [0.29, 0.717) is 6.04 Å². The second kappa shape index (κ2) is 5.75. The van der Waals surface area contributed by atoms with Gasteiger partial charge in [-0.1, -0.05) is 11.4 Å². The predicted octanol–water partition coefficient (Wildman–Crippen LogP) is 1.11. The van der Waals surface area contributed by atoms with E-state index in [1.165, 1.54) is 11.5 Å². The predicted molar refractivity (Wildman–Crippen MR) is 71.4 cm³/mol. The van der Waals surface area contributed by atoms with E-state index in [0.717, 1.165) is 43.4 Å². The quantitative estimate of drug-likeness (QED) is 0.873. The normalized spacial score (nSPS) is 22.9. The molecule has 0 saturated carbocycles. The van der Waals surface area contributed by atoms with Crippen molar-refractivity contribution in [2.24, 2.45) is 0 Å². The third-order valence-electron chi connectivity index (χ3n) is 3.41. The first-order valence-corrected chi connectivity index (χ1v) is 6.97. The highest BCUT2D eigenvalue weighted by Gasteiger charge is 2.23. The molecule has 2 heterocycles. The summed E-state index contributed by atoms with van der Waals surface area (Å²) in [5, 5.41) is 8.44. The Balaban J connectivity index is 1.93. The number of nitrogens with one attached hydrogen (secondary N) is 1. The molecule has 0 amide bonds. The van der Waals surface area contributed by atoms with Gasteiger partial charge < -0.3 is 5.32 Å². The first-order valence-electron chi connectivity index (χ1n) is 6.20. The summed E-state index contributed by atoms with van der Waals surface area (Å²) >= 11 is 1.43. The van der Waals surface area contributed by atoms with Gasteiger partial charge in [0, 0.05) is 50.8 Å². The maximum absolute atomic E-state index is 4.20. The second-order valence-corrected chi connectivity index (χ2v) is 5.27. The maximum atomic E-state index is 4.20. The first-order chi connectivity index (χ1) is 8.24. The van der Waals surface area contributed by atoms with Crippen molar-refractivity contribution in [3.63, 3.8) is 0 Å². The van der Waals surface area contributed by atoms with Crippen LogP contribution in [0.5, 0.6) is 0 Å². The lowest BCUT2D eigenvalue weighted by atomic mass is 10.2. The average Bonchev–Trinajstić information content (AvgIpc) is 2.76. The Bertz CT molecular complexity index is 353. The summed E-state index contributed by atoms with van der Waals surface area (Å²) < 4.78 is 4.00. The monoisotopic (exact) mass is 255 g/mol. The highest BCUT2D eigenvalue weighted by molar-refractivity contribution is 7.10. The van der Waals surface area contributed by atoms with Crippen LogP contribution >= 0.6 is 11.5 Å². The third kappa shape index (κ3) is 2.94. The number of rotatable bonds is 4. The number of aromatic nitrogens is 2. The summed E-state index contributed by atoms with van der Waals surface area (Å²) in [6, 6.07) is 0.637. The fourth-order valence-electron chi connectivity index (χ4n) is 2.40. The fraction of sp³-hybridized carbons (Fsp3) is 0.818. The molecule has 0 radical (unpaired) electrons. The van der Waals surface area contributed by atoms with Crippen LogP contribution in [0.4, 0.5) is 5.00 Å². The van der Waals surface area contributed by atoms with Crippen molar-refractivity contribution in [3.05, 3.63) is 5.69 Å². The minimum absolute atomic E-state index is 0.637. The zero-order valence-electron chi connectivity index (χ0n) is 10.8. The Hall–Kier alpha value is -0.720. The molecule has 17 heavy (non-hydrogen) atoms. The molecule has 1 aliphatic rings. The molecule has 0 spiro atoms. The lowest BCUT2D eigenvalue weighted by molar-refractivity contribution is 0.0827. The molecule has 1 aromatic rings. The topological polar surface area (TPSA) is 44.3 Å². The lowest BCUT2D eigenvalue weighted by Crippen LogP contribution is -2.51. The number of hydrogen-bond acceptors (Lipinski definition) is 6. The molecule has 0 aliphatic carbocycles. The van der Waals surface area contributed by atoms with E-state index in [-0.39, 0.29) is 0 Å². The van der Waals surface area contributed by atoms with E-state index in [1.807, 2.05) is 7.05 Å². The van der Waals surface area contributed by atoms with Gasteiger partial charge in [0.25, 0.3) is 0 Å². The van der Waals surface area contributed by atoms with Crippen molar-refractivity contribution >= 4 is 16.5 Å². The Kier molecular flexibility index (Phi) is 4.31. The van der Waals surface area contributed by atoms with Gasteiger partial charge in [0.15, 0.2) is 0 Å². The number of likely N-dealkylation sites (N-methyl/N-ethyl adjacent to an activating group) is 1. The van der Waals surface area contributed by atoms with Crippen molar-refractivity contribution in [1.82, 2.24) is 19.4 Å². The summed E-state index contributed by atoms with van der Waals surface area (Å²) in [7, 11) is 1.93. The van der Waals surface area contributed by atoms with E-state index < -0.39 is 0 Å². The van der Waals surface area contributed by atoms with Crippen molar-refractivity contribution in [1.29, 1.82) is 0 Å². The van der Waals surface area contributed by atoms with Crippen LogP contribution in [0.1, 0.15) is 19.5 Å². The molecule has 2 rings (SSSR count). The molecule has 96 valence electrons. The Morgan fingerprint density at radius 1 is 1.47 bits per heavy atom. The summed E-state index contributed by atoms with van der Waals surface area (Å²) in [5.41, 5.74) is 1.08. The van der Waals surface area contributed by atoms with Crippen LogP contribution in [0.3, 0.4) is 0 Å². The van der Waals surface area contributed by atoms with Gasteiger partial charge in [0.1, 0.15) is 10.7 Å². The molecule has 1 saturated heterocycles. The maximum Gasteiger partial charge on any atom is 0.134 e. The van der Waals surface area contributed by atoms with Crippen molar-refractivity contribution in [2.45, 2.75) is 26.4 Å². The molecule has 1 aromatic heterocycles. The molecule has 1 atom stereocenters. The molecule has 5 nitrogen and oxygen atoms in total. The minimum atomic E-state index is 0.637. The van der Waals surface area contributed by atoms with E-state index in [1.54, 1.807) is 0 Å². The van der Waals surface area contributed by atoms with E-state index in [2.05, 4.69) is 38.6 Å². The van der Waals surface area contributed by atoms with Gasteiger partial charge in [-0.25, -0.2) is 0 Å². The summed E-state index contributed by atoms with van der Waals surface area (Å²) in [6.45, 7) is 9.99. The van der Waals surface area contributed by atoms with E-state index in [4.69, 9.17) is 0 Å². The van der Waals surface area contributed by atoms with Crippen molar-refractivity contribution in [3.8, 4) is 0 Å². The number of anilines is 1. The van der Waals surface area contributed by atoms with Crippen LogP contribution in [0.15, 0.2) is 0 Å². The SMILES string of the molecule is CCN1CCN(Cc2nnsc2NC)CC1C. The average molecular weight is 255 g/mol. The summed E-state index contributed by atoms with van der Waals surface area (Å²) in [5.74, 6) is 0. The fourth-order valence-corrected chi connectivity index (χ4v) is 2.92. The smallest absolute Gasteiger partial charge is 0.134 e. The number of piperazine rings is 1. The molecule has 1 unspecified atom stereocenters. The van der Waals surface area contributed by atoms with Crippen LogP contribution in [0.25, 0.3) is 0 Å². The standard InChI is InChI=1S/C11H21N5S/c1-4-16-6-5-15(7-9(16)2)8-10-11(12-3)17-14-13-10/h9,12H,4-8H2,1-3H3. The van der Waals surface area contributed by atoms with Gasteiger partial charge in [0.05, 0.1) is 0 Å². The molecule has 0 aromatic carbocycles. The molecular formula is C11H21N5S. The van der Waals surface area contributed by atoms with Crippen LogP contribution < -0.4 is 5.32 Å². The highest BCUT2D eigenvalue weighted by Crippen LogP contribution is 2.20. The molecule has 6 heteroatoms. The lowest BCUT2D eigenvalue weighted by Gasteiger charge is -2.39. The molecule has 1 N–H and O–H groups in total. The molecule has 1 aliphatic heterocycles. The van der Waals surface area contributed by atoms with Gasteiger partial charge in [-0.2, -0.15) is 0 Å². The van der Waals surface area contributed by atoms with Crippen LogP contribution in [-0.4, -0.2) is 58.7 Å². The highest BCUT2D eigenvalue weighted by atomic mass is 32.1. The summed E-state index contributed by atoms with van der Waals surface area (Å²) in [6.07, 6.45) is 0. The molecular weight excluding hydrogens is 234 g/mol. The Labute approximate surface area is 107 Å². The molecule has 1 fully saturated rings. The van der Waals surface area contributed by atoms with E-state index >= 15 is 0 Å². The number of hydrogen-bond donors (Lipinski definition) is 1. The number of nitrogens with zero attached hydrogens (tertiary/aromatic N) is 4. The zero-order valence-corrected chi connectivity index (χ0v) is 11.6. The van der Waals surface area contributed by atoms with Crippen molar-refractivity contribution in [2.75, 3.05) is 38.5 Å². The molecule has 0 bridgehead atoms. The van der Waals surface area contributed by atoms with E-state index in [9.17, 15) is 0 Å². The second-order valence-electron chi connectivity index (χ2n) is 4.51. The van der Waals surface area contributed by atoms with Gasteiger partial charge >= 0.3 is 0 Å². The van der Waals surface area contributed by atoms with Gasteiger partial charge in [0.2, 0.25) is 0 Å². The van der Waals surface area contributed by atoms with Crippen LogP contribution in [0.2, 0.25) is 0 Å². The summed E-state index contributed by atoms with van der Waals surface area (Å²) in [4.78, 5) is 4.99. The van der Waals surface area contributed by atoms with Gasteiger partial charge in [-0.15, -0.1) is 5.10 Å². The third-order valence-corrected chi connectivity index (χ3v) is 4.20. The Morgan fingerprint density at radius 3 is 2.94 bits per heavy atom. The largest absolute Gasteiger partial charge is 0.377 e. The first kappa shape index (κ1) is 12.7. The van der Waals surface area contributed by atoms with Gasteiger partial charge in [-0.3, -0.25) is 9.80 Å². The van der Waals surface area contributed by atoms with Crippen molar-refractivity contribution < 1.29 is 0 Å². The van der Waals surface area contributed by atoms with Gasteiger partial charge in [-0.05, 0) is 13.5 Å². The van der Waals surface area contributed by atoms with Crippen LogP contribution in [0, 0.1) is 0 Å². The van der Waals surface area contributed by atoms with Crippen LogP contribution in [-0.2, 0) is 6.54 Å². The zero-order chi connectivity index (χ0) is 12.3.